The number of nitrogens with zero attached hydrogens (tertiary/aromatic N) is 1. The quantitative estimate of drug-likeness (QED) is 0.512. The van der Waals surface area contributed by atoms with E-state index in [9.17, 15) is 0 Å². The molecule has 0 heterocycles. The van der Waals surface area contributed by atoms with Crippen molar-refractivity contribution in [2.75, 3.05) is 0 Å². The van der Waals surface area contributed by atoms with Crippen LogP contribution in [0.1, 0.15) is 38.5 Å². The third kappa shape index (κ3) is 1.72. The average Bonchev–Trinajstić information content (AvgIpc) is 2.96. The Morgan fingerprint density at radius 1 is 1.21 bits per heavy atom. The van der Waals surface area contributed by atoms with Crippen LogP contribution in [0.5, 0.6) is 0 Å². The van der Waals surface area contributed by atoms with Crippen molar-refractivity contribution in [1.29, 1.82) is 0 Å². The summed E-state index contributed by atoms with van der Waals surface area (Å²) in [5.74, 6) is 2.57. The molecule has 3 rings (SSSR count). The van der Waals surface area contributed by atoms with Crippen molar-refractivity contribution < 1.29 is 0 Å². The highest BCUT2D eigenvalue weighted by Crippen LogP contribution is 2.50. The molecule has 3 atom stereocenters. The molecule has 3 fully saturated rings. The molecule has 0 amide bonds. The SMILES string of the molecule is NC(=NC1CCCC2CC21)NC1CC1. The van der Waals surface area contributed by atoms with Gasteiger partial charge in [-0.3, -0.25) is 0 Å². The maximum atomic E-state index is 5.87. The Hall–Kier alpha value is -0.730. The fourth-order valence-corrected chi connectivity index (χ4v) is 2.69. The minimum Gasteiger partial charge on any atom is -0.370 e. The van der Waals surface area contributed by atoms with Crippen LogP contribution in [-0.4, -0.2) is 18.0 Å². The lowest BCUT2D eigenvalue weighted by molar-refractivity contribution is 0.419. The molecule has 0 aliphatic heterocycles. The zero-order chi connectivity index (χ0) is 9.54. The van der Waals surface area contributed by atoms with E-state index in [4.69, 9.17) is 5.73 Å². The normalized spacial score (nSPS) is 41.7. The van der Waals surface area contributed by atoms with Crippen molar-refractivity contribution in [3.8, 4) is 0 Å². The van der Waals surface area contributed by atoms with Crippen LogP contribution < -0.4 is 11.1 Å². The molecule has 0 radical (unpaired) electrons. The molecule has 78 valence electrons. The van der Waals surface area contributed by atoms with Gasteiger partial charge in [-0.25, -0.2) is 4.99 Å². The Bertz CT molecular complexity index is 257. The molecular formula is C11H19N3. The van der Waals surface area contributed by atoms with E-state index in [1.54, 1.807) is 0 Å². The highest BCUT2D eigenvalue weighted by atomic mass is 15.1. The van der Waals surface area contributed by atoms with Crippen LogP contribution >= 0.6 is 0 Å². The maximum Gasteiger partial charge on any atom is 0.189 e. The van der Waals surface area contributed by atoms with Crippen molar-refractivity contribution in [3.63, 3.8) is 0 Å². The molecule has 14 heavy (non-hydrogen) atoms. The van der Waals surface area contributed by atoms with Gasteiger partial charge in [-0.05, 0) is 37.5 Å². The standard InChI is InChI=1S/C11H19N3/c12-11(13-8-4-5-8)14-10-3-1-2-7-6-9(7)10/h7-10H,1-6H2,(H3,12,13,14). The summed E-state index contributed by atoms with van der Waals surface area (Å²) in [5.41, 5.74) is 5.87. The van der Waals surface area contributed by atoms with Gasteiger partial charge in [-0.1, -0.05) is 12.8 Å². The Labute approximate surface area is 85.2 Å². The Morgan fingerprint density at radius 2 is 2.07 bits per heavy atom. The fourth-order valence-electron chi connectivity index (χ4n) is 2.69. The predicted molar refractivity (Wildman–Crippen MR) is 57.0 cm³/mol. The maximum absolute atomic E-state index is 5.87. The Kier molecular flexibility index (Phi) is 1.92. The van der Waals surface area contributed by atoms with Gasteiger partial charge in [0, 0.05) is 6.04 Å². The number of nitrogens with one attached hydrogen (secondary N) is 1. The van der Waals surface area contributed by atoms with Crippen molar-refractivity contribution in [2.24, 2.45) is 22.6 Å². The van der Waals surface area contributed by atoms with E-state index in [1.807, 2.05) is 0 Å². The molecule has 3 aliphatic rings. The zero-order valence-electron chi connectivity index (χ0n) is 8.58. The Balaban J connectivity index is 1.58. The highest BCUT2D eigenvalue weighted by molar-refractivity contribution is 5.78. The van der Waals surface area contributed by atoms with Crippen LogP contribution in [0.15, 0.2) is 4.99 Å². The Morgan fingerprint density at radius 3 is 2.86 bits per heavy atom. The third-order valence-electron chi connectivity index (χ3n) is 3.78. The predicted octanol–water partition coefficient (Wildman–Crippen LogP) is 1.24. The summed E-state index contributed by atoms with van der Waals surface area (Å²) in [6, 6.07) is 1.18. The molecular weight excluding hydrogens is 174 g/mol. The fraction of sp³-hybridized carbons (Fsp3) is 0.909. The lowest BCUT2D eigenvalue weighted by atomic mass is 9.96. The summed E-state index contributed by atoms with van der Waals surface area (Å²) in [4.78, 5) is 4.62. The van der Waals surface area contributed by atoms with Crippen LogP contribution in [0.4, 0.5) is 0 Å². The highest BCUT2D eigenvalue weighted by Gasteiger charge is 2.45. The van der Waals surface area contributed by atoms with Crippen LogP contribution in [0.3, 0.4) is 0 Å². The molecule has 3 N–H and O–H groups in total. The van der Waals surface area contributed by atoms with Gasteiger partial charge in [0.25, 0.3) is 0 Å². The van der Waals surface area contributed by atoms with Gasteiger partial charge in [0.15, 0.2) is 5.96 Å². The monoisotopic (exact) mass is 193 g/mol. The van der Waals surface area contributed by atoms with Crippen molar-refractivity contribution in [2.45, 2.75) is 50.6 Å². The van der Waals surface area contributed by atoms with Gasteiger partial charge < -0.3 is 11.1 Å². The minimum absolute atomic E-state index is 0.542. The number of hydrogen-bond acceptors (Lipinski definition) is 1. The van der Waals surface area contributed by atoms with E-state index in [0.29, 0.717) is 18.0 Å². The third-order valence-corrected chi connectivity index (χ3v) is 3.78. The number of fused-ring (bicyclic) bond motifs is 1. The summed E-state index contributed by atoms with van der Waals surface area (Å²) < 4.78 is 0. The van der Waals surface area contributed by atoms with Crippen molar-refractivity contribution in [3.05, 3.63) is 0 Å². The first kappa shape index (κ1) is 8.57. The van der Waals surface area contributed by atoms with E-state index < -0.39 is 0 Å². The van der Waals surface area contributed by atoms with Gasteiger partial charge in [0.1, 0.15) is 0 Å². The topological polar surface area (TPSA) is 50.4 Å². The van der Waals surface area contributed by atoms with E-state index >= 15 is 0 Å². The molecule has 0 saturated heterocycles. The summed E-state index contributed by atoms with van der Waals surface area (Å²) in [6.07, 6.45) is 8.00. The molecule has 3 heteroatoms. The van der Waals surface area contributed by atoms with Crippen molar-refractivity contribution >= 4 is 5.96 Å². The molecule has 0 bridgehead atoms. The van der Waals surface area contributed by atoms with Crippen LogP contribution in [-0.2, 0) is 0 Å². The first-order chi connectivity index (χ1) is 6.83. The summed E-state index contributed by atoms with van der Waals surface area (Å²) in [7, 11) is 0. The number of nitrogens with two attached hydrogens (primary N) is 1. The molecule has 0 spiro atoms. The van der Waals surface area contributed by atoms with Gasteiger partial charge in [0.05, 0.1) is 6.04 Å². The van der Waals surface area contributed by atoms with Gasteiger partial charge >= 0.3 is 0 Å². The van der Waals surface area contributed by atoms with Crippen molar-refractivity contribution in [1.82, 2.24) is 5.32 Å². The lowest BCUT2D eigenvalue weighted by Gasteiger charge is -2.18. The van der Waals surface area contributed by atoms with Gasteiger partial charge in [0.2, 0.25) is 0 Å². The van der Waals surface area contributed by atoms with E-state index in [1.165, 1.54) is 38.5 Å². The number of rotatable bonds is 2. The molecule has 3 saturated carbocycles. The largest absolute Gasteiger partial charge is 0.370 e. The van der Waals surface area contributed by atoms with Crippen LogP contribution in [0.2, 0.25) is 0 Å². The molecule has 3 aliphatic carbocycles. The van der Waals surface area contributed by atoms with E-state index in [-0.39, 0.29) is 0 Å². The smallest absolute Gasteiger partial charge is 0.189 e. The molecule has 0 aromatic heterocycles. The number of hydrogen-bond donors (Lipinski definition) is 2. The van der Waals surface area contributed by atoms with Crippen LogP contribution in [0, 0.1) is 11.8 Å². The van der Waals surface area contributed by atoms with E-state index in [0.717, 1.165) is 11.8 Å². The van der Waals surface area contributed by atoms with E-state index in [2.05, 4.69) is 10.3 Å². The second-order valence-corrected chi connectivity index (χ2v) is 5.09. The first-order valence-corrected chi connectivity index (χ1v) is 5.93. The molecule has 0 aromatic carbocycles. The summed E-state index contributed by atoms with van der Waals surface area (Å²) in [6.45, 7) is 0. The van der Waals surface area contributed by atoms with Gasteiger partial charge in [-0.2, -0.15) is 0 Å². The molecule has 0 aromatic rings. The van der Waals surface area contributed by atoms with Crippen LogP contribution in [0.25, 0.3) is 0 Å². The molecule has 3 nitrogen and oxygen atoms in total. The summed E-state index contributed by atoms with van der Waals surface area (Å²) in [5, 5.41) is 3.27. The first-order valence-electron chi connectivity index (χ1n) is 5.93. The van der Waals surface area contributed by atoms with Gasteiger partial charge in [-0.15, -0.1) is 0 Å². The average molecular weight is 193 g/mol. The summed E-state index contributed by atoms with van der Waals surface area (Å²) >= 11 is 0. The molecule has 3 unspecified atom stereocenters. The minimum atomic E-state index is 0.542. The number of guanidine groups is 1. The second-order valence-electron chi connectivity index (χ2n) is 5.09. The lowest BCUT2D eigenvalue weighted by Crippen LogP contribution is -2.35. The zero-order valence-corrected chi connectivity index (χ0v) is 8.58. The second kappa shape index (κ2) is 3.14. The number of aliphatic imine (C=N–C) groups is 1.